The number of benzene rings is 3. The molecule has 43 heavy (non-hydrogen) atoms. The van der Waals surface area contributed by atoms with Crippen LogP contribution in [0.5, 0.6) is 11.5 Å². The number of aromatic nitrogens is 1. The lowest BCUT2D eigenvalue weighted by molar-refractivity contribution is -0.116. The minimum absolute atomic E-state index is 0.0117. The second kappa shape index (κ2) is 11.1. The first-order valence-electron chi connectivity index (χ1n) is 14.6. The second-order valence-electron chi connectivity index (χ2n) is 11.3. The number of hydrogen-bond acceptors (Lipinski definition) is 7. The molecule has 222 valence electrons. The maximum atomic E-state index is 15.8. The highest BCUT2D eigenvalue weighted by molar-refractivity contribution is 6.04. The zero-order valence-electron chi connectivity index (χ0n) is 23.9. The molecule has 0 radical (unpaired) electrons. The van der Waals surface area contributed by atoms with Crippen LogP contribution in [-0.2, 0) is 9.53 Å². The molecule has 1 aromatic heterocycles. The molecule has 2 fully saturated rings. The van der Waals surface area contributed by atoms with Gasteiger partial charge >= 0.3 is 0 Å². The third-order valence-electron chi connectivity index (χ3n) is 8.54. The lowest BCUT2D eigenvalue weighted by Gasteiger charge is -2.32. The summed E-state index contributed by atoms with van der Waals surface area (Å²) < 4.78 is 29.3. The Morgan fingerprint density at radius 1 is 0.977 bits per heavy atom. The second-order valence-corrected chi connectivity index (χ2v) is 11.3. The van der Waals surface area contributed by atoms with E-state index >= 15 is 4.39 Å². The Morgan fingerprint density at radius 2 is 1.70 bits per heavy atom. The monoisotopic (exact) mass is 585 g/mol. The van der Waals surface area contributed by atoms with E-state index in [9.17, 15) is 14.4 Å². The Kier molecular flexibility index (Phi) is 7.08. The van der Waals surface area contributed by atoms with E-state index in [0.29, 0.717) is 62.9 Å². The molecular weight excluding hydrogens is 553 g/mol. The summed E-state index contributed by atoms with van der Waals surface area (Å²) in [6, 6.07) is 12.6. The topological polar surface area (TPSA) is 96.4 Å². The highest BCUT2D eigenvalue weighted by atomic mass is 19.1. The van der Waals surface area contributed by atoms with Crippen LogP contribution in [0.15, 0.2) is 53.5 Å². The van der Waals surface area contributed by atoms with Crippen LogP contribution in [0.4, 0.5) is 10.1 Å². The number of piperazine rings is 1. The van der Waals surface area contributed by atoms with E-state index < -0.39 is 11.2 Å². The number of nitrogens with zero attached hydrogens (tertiary/aromatic N) is 4. The van der Waals surface area contributed by atoms with Crippen LogP contribution in [0, 0.1) is 5.82 Å². The molecule has 3 aromatic carbocycles. The zero-order chi connectivity index (χ0) is 29.7. The zero-order valence-corrected chi connectivity index (χ0v) is 23.9. The van der Waals surface area contributed by atoms with Crippen molar-refractivity contribution >= 4 is 39.2 Å². The van der Waals surface area contributed by atoms with Crippen LogP contribution in [0.2, 0.25) is 0 Å². The number of ether oxygens (including phenoxy) is 2. The van der Waals surface area contributed by atoms with Gasteiger partial charge in [-0.05, 0) is 36.0 Å². The molecule has 4 heterocycles. The average Bonchev–Trinajstić information content (AvgIpc) is 3.02. The van der Waals surface area contributed by atoms with E-state index in [1.807, 2.05) is 43.4 Å². The van der Waals surface area contributed by atoms with Gasteiger partial charge in [0.25, 0.3) is 5.91 Å². The number of fused-ring (bicyclic) bond motifs is 3. The van der Waals surface area contributed by atoms with Gasteiger partial charge in [0.15, 0.2) is 17.3 Å². The molecule has 3 aliphatic rings. The van der Waals surface area contributed by atoms with Gasteiger partial charge in [-0.1, -0.05) is 24.3 Å². The molecule has 2 amide bonds. The van der Waals surface area contributed by atoms with Crippen molar-refractivity contribution in [1.29, 1.82) is 0 Å². The Bertz CT molecular complexity index is 1830. The fourth-order valence-electron chi connectivity index (χ4n) is 6.04. The maximum Gasteiger partial charge on any atom is 0.259 e. The van der Waals surface area contributed by atoms with Crippen LogP contribution in [-0.4, -0.2) is 97.2 Å². The summed E-state index contributed by atoms with van der Waals surface area (Å²) in [7, 11) is 1.99. The van der Waals surface area contributed by atoms with Gasteiger partial charge in [0, 0.05) is 58.4 Å². The van der Waals surface area contributed by atoms with Gasteiger partial charge in [0.05, 0.1) is 24.3 Å². The molecule has 7 rings (SSSR count). The predicted molar refractivity (Wildman–Crippen MR) is 161 cm³/mol. The van der Waals surface area contributed by atoms with Crippen LogP contribution < -0.4 is 15.5 Å². The van der Waals surface area contributed by atoms with Crippen molar-refractivity contribution in [2.75, 3.05) is 71.4 Å². The third kappa shape index (κ3) is 5.03. The molecule has 1 N–H and O–H groups in total. The van der Waals surface area contributed by atoms with E-state index in [-0.39, 0.29) is 40.6 Å². The van der Waals surface area contributed by atoms with Gasteiger partial charge in [0.2, 0.25) is 11.3 Å². The number of likely N-dealkylation sites (N-methyl/N-ethyl adjacent to an activating group) is 1. The van der Waals surface area contributed by atoms with E-state index in [0.717, 1.165) is 29.9 Å². The molecule has 11 heteroatoms. The molecule has 4 aromatic rings. The molecule has 0 unspecified atom stereocenters. The SMILES string of the molecule is CN1CCN(C(=O)c2cn3c4c(c(NC(=O)CCN5CCOCC5)c(F)cc4c2=O)Oc2cc4ccccc4cc2-3)CC1. The summed E-state index contributed by atoms with van der Waals surface area (Å²) in [5.41, 5.74) is 0.163. The minimum atomic E-state index is -0.806. The summed E-state index contributed by atoms with van der Waals surface area (Å²) >= 11 is 0. The summed E-state index contributed by atoms with van der Waals surface area (Å²) in [6.07, 6.45) is 1.69. The van der Waals surface area contributed by atoms with Gasteiger partial charge in [-0.2, -0.15) is 0 Å². The normalized spacial score (nSPS) is 17.1. The van der Waals surface area contributed by atoms with Crippen molar-refractivity contribution in [2.24, 2.45) is 0 Å². The number of pyridine rings is 1. The number of halogens is 1. The minimum Gasteiger partial charge on any atom is -0.451 e. The van der Waals surface area contributed by atoms with Crippen molar-refractivity contribution in [1.82, 2.24) is 19.3 Å². The van der Waals surface area contributed by atoms with Crippen LogP contribution >= 0.6 is 0 Å². The highest BCUT2D eigenvalue weighted by Crippen LogP contribution is 2.46. The molecule has 0 spiro atoms. The van der Waals surface area contributed by atoms with Gasteiger partial charge in [-0.25, -0.2) is 4.39 Å². The number of morpholine rings is 1. The number of nitrogens with one attached hydrogen (secondary N) is 1. The molecule has 2 saturated heterocycles. The molecule has 0 saturated carbocycles. The van der Waals surface area contributed by atoms with Crippen molar-refractivity contribution in [2.45, 2.75) is 6.42 Å². The quantitative estimate of drug-likeness (QED) is 0.338. The van der Waals surface area contributed by atoms with E-state index in [1.54, 1.807) is 9.47 Å². The maximum absolute atomic E-state index is 15.8. The highest BCUT2D eigenvalue weighted by Gasteiger charge is 2.31. The van der Waals surface area contributed by atoms with E-state index in [2.05, 4.69) is 15.1 Å². The lowest BCUT2D eigenvalue weighted by Crippen LogP contribution is -2.48. The molecular formula is C32H32FN5O5. The Morgan fingerprint density at radius 3 is 2.44 bits per heavy atom. The first-order chi connectivity index (χ1) is 20.9. The largest absolute Gasteiger partial charge is 0.451 e. The number of hydrogen-bond donors (Lipinski definition) is 1. The van der Waals surface area contributed by atoms with E-state index in [4.69, 9.17) is 9.47 Å². The summed E-state index contributed by atoms with van der Waals surface area (Å²) in [4.78, 5) is 46.4. The van der Waals surface area contributed by atoms with Crippen LogP contribution in [0.25, 0.3) is 27.4 Å². The Labute approximate surface area is 247 Å². The summed E-state index contributed by atoms with van der Waals surface area (Å²) in [5, 5.41) is 4.56. The molecule has 0 aliphatic carbocycles. The smallest absolute Gasteiger partial charge is 0.259 e. The van der Waals surface area contributed by atoms with E-state index in [1.165, 1.54) is 6.20 Å². The molecule has 0 atom stereocenters. The molecule has 3 aliphatic heterocycles. The van der Waals surface area contributed by atoms with Gasteiger partial charge in [-0.3, -0.25) is 19.3 Å². The number of anilines is 1. The number of rotatable bonds is 5. The summed E-state index contributed by atoms with van der Waals surface area (Å²) in [6.45, 7) is 5.59. The number of carbonyl (C=O) groups excluding carboxylic acids is 2. The van der Waals surface area contributed by atoms with Crippen LogP contribution in [0.3, 0.4) is 0 Å². The van der Waals surface area contributed by atoms with Crippen molar-refractivity contribution in [3.8, 4) is 17.2 Å². The fourth-order valence-corrected chi connectivity index (χ4v) is 6.04. The Hall–Kier alpha value is -4.32. The summed E-state index contributed by atoms with van der Waals surface area (Å²) in [5.74, 6) is -1.11. The lowest BCUT2D eigenvalue weighted by atomic mass is 10.0. The number of amides is 2. The first-order valence-corrected chi connectivity index (χ1v) is 14.6. The first kappa shape index (κ1) is 27.5. The van der Waals surface area contributed by atoms with Crippen molar-refractivity contribution in [3.05, 3.63) is 70.3 Å². The van der Waals surface area contributed by atoms with Crippen molar-refractivity contribution in [3.63, 3.8) is 0 Å². The molecule has 10 nitrogen and oxygen atoms in total. The van der Waals surface area contributed by atoms with Gasteiger partial charge in [0.1, 0.15) is 16.8 Å². The third-order valence-corrected chi connectivity index (χ3v) is 8.54. The fraction of sp³-hybridized carbons (Fsp3) is 0.344. The standard InChI is InChI=1S/C32H32FN5O5/c1-35-8-10-37(11-9-35)32(41)23-19-38-25-16-20-4-2-3-5-21(20)17-26(25)43-31-28(24(33)18-22(29(31)38)30(23)40)34-27(39)6-7-36-12-14-42-15-13-36/h2-5,16-19H,6-15H2,1H3,(H,34,39). The molecule has 0 bridgehead atoms. The van der Waals surface area contributed by atoms with Gasteiger partial charge in [-0.15, -0.1) is 0 Å². The Balaban J connectivity index is 1.34. The number of carbonyl (C=O) groups is 2. The predicted octanol–water partition coefficient (Wildman–Crippen LogP) is 3.44. The average molecular weight is 586 g/mol. The van der Waals surface area contributed by atoms with Crippen molar-refractivity contribution < 1.29 is 23.5 Å². The van der Waals surface area contributed by atoms with Gasteiger partial charge < -0.3 is 29.2 Å². The van der Waals surface area contributed by atoms with Crippen LogP contribution in [0.1, 0.15) is 16.8 Å².